The van der Waals surface area contributed by atoms with Crippen molar-refractivity contribution in [2.75, 3.05) is 0 Å². The lowest BCUT2D eigenvalue weighted by atomic mass is 10.2. The molecule has 27 heavy (non-hydrogen) atoms. The number of hydrogen-bond donors (Lipinski definition) is 0. The summed E-state index contributed by atoms with van der Waals surface area (Å²) in [6.45, 7) is 1.89. The molecule has 0 fully saturated rings. The minimum atomic E-state index is -3.94. The quantitative estimate of drug-likeness (QED) is 0.438. The summed E-state index contributed by atoms with van der Waals surface area (Å²) in [5.41, 5.74) is 2.27. The second-order valence-electron chi connectivity index (χ2n) is 6.13. The van der Waals surface area contributed by atoms with Crippen LogP contribution < -0.4 is 0 Å². The standard InChI is InChI=1S/C20H14BrFN2O2S/c1-13-6-9-15(10-7-13)27(25,26)24-19-5-3-2-4-18(19)23-20(24)16-12-14(22)8-11-17(16)21/h2-12H,1H3. The second-order valence-corrected chi connectivity index (χ2v) is 8.77. The number of aryl methyl sites for hydroxylation is 1. The van der Waals surface area contributed by atoms with Crippen LogP contribution in [0.5, 0.6) is 0 Å². The lowest BCUT2D eigenvalue weighted by Crippen LogP contribution is -2.14. The van der Waals surface area contributed by atoms with E-state index < -0.39 is 15.8 Å². The molecule has 0 bridgehead atoms. The monoisotopic (exact) mass is 444 g/mol. The summed E-state index contributed by atoms with van der Waals surface area (Å²) in [4.78, 5) is 4.62. The Morgan fingerprint density at radius 2 is 1.70 bits per heavy atom. The van der Waals surface area contributed by atoms with Crippen molar-refractivity contribution in [1.82, 2.24) is 8.96 Å². The van der Waals surface area contributed by atoms with Crippen molar-refractivity contribution in [2.45, 2.75) is 11.8 Å². The Kier molecular flexibility index (Phi) is 4.36. The Hall–Kier alpha value is -2.51. The van der Waals surface area contributed by atoms with Crippen molar-refractivity contribution in [1.29, 1.82) is 0 Å². The molecule has 0 aliphatic rings. The first-order valence-corrected chi connectivity index (χ1v) is 10.4. The van der Waals surface area contributed by atoms with E-state index in [1.807, 2.05) is 6.92 Å². The zero-order valence-electron chi connectivity index (χ0n) is 14.2. The zero-order valence-corrected chi connectivity index (χ0v) is 16.6. The minimum Gasteiger partial charge on any atom is -0.227 e. The van der Waals surface area contributed by atoms with Gasteiger partial charge >= 0.3 is 0 Å². The summed E-state index contributed by atoms with van der Waals surface area (Å²) in [5.74, 6) is -0.317. The number of para-hydroxylation sites is 2. The summed E-state index contributed by atoms with van der Waals surface area (Å²) >= 11 is 3.38. The molecule has 0 spiro atoms. The van der Waals surface area contributed by atoms with E-state index in [-0.39, 0.29) is 10.7 Å². The molecule has 3 aromatic carbocycles. The van der Waals surface area contributed by atoms with Gasteiger partial charge in [-0.15, -0.1) is 0 Å². The highest BCUT2D eigenvalue weighted by Gasteiger charge is 2.26. The molecule has 4 nitrogen and oxygen atoms in total. The Morgan fingerprint density at radius 1 is 1.00 bits per heavy atom. The number of benzene rings is 3. The van der Waals surface area contributed by atoms with Crippen LogP contribution in [0.2, 0.25) is 0 Å². The fraction of sp³-hybridized carbons (Fsp3) is 0.0500. The van der Waals surface area contributed by atoms with Crippen LogP contribution in [0.1, 0.15) is 5.56 Å². The number of imidazole rings is 1. The second kappa shape index (κ2) is 6.58. The molecule has 0 unspecified atom stereocenters. The van der Waals surface area contributed by atoms with Crippen molar-refractivity contribution < 1.29 is 12.8 Å². The van der Waals surface area contributed by atoms with Gasteiger partial charge in [0.05, 0.1) is 15.9 Å². The predicted octanol–water partition coefficient (Wildman–Crippen LogP) is 5.15. The maximum atomic E-state index is 13.9. The van der Waals surface area contributed by atoms with E-state index in [4.69, 9.17) is 0 Å². The van der Waals surface area contributed by atoms with Gasteiger partial charge in [0, 0.05) is 10.0 Å². The molecule has 0 aliphatic heterocycles. The molecule has 0 radical (unpaired) electrons. The summed E-state index contributed by atoms with van der Waals surface area (Å²) in [5, 5.41) is 0. The normalized spacial score (nSPS) is 11.8. The Balaban J connectivity index is 2.08. The van der Waals surface area contributed by atoms with Gasteiger partial charge in [-0.25, -0.2) is 21.8 Å². The lowest BCUT2D eigenvalue weighted by Gasteiger charge is -2.12. The van der Waals surface area contributed by atoms with Crippen molar-refractivity contribution in [3.8, 4) is 11.4 Å². The first-order valence-electron chi connectivity index (χ1n) is 8.13. The molecule has 4 aromatic rings. The Morgan fingerprint density at radius 3 is 2.44 bits per heavy atom. The van der Waals surface area contributed by atoms with E-state index in [2.05, 4.69) is 20.9 Å². The highest BCUT2D eigenvalue weighted by atomic mass is 79.9. The van der Waals surface area contributed by atoms with Gasteiger partial charge in [-0.05, 0) is 49.4 Å². The summed E-state index contributed by atoms with van der Waals surface area (Å²) < 4.78 is 42.5. The smallest absolute Gasteiger partial charge is 0.227 e. The predicted molar refractivity (Wildman–Crippen MR) is 107 cm³/mol. The molecule has 0 saturated heterocycles. The number of halogens is 2. The van der Waals surface area contributed by atoms with Crippen LogP contribution in [0, 0.1) is 12.7 Å². The van der Waals surface area contributed by atoms with Crippen molar-refractivity contribution >= 4 is 37.0 Å². The number of aromatic nitrogens is 2. The topological polar surface area (TPSA) is 52.0 Å². The molecule has 0 saturated carbocycles. The molecule has 1 heterocycles. The van der Waals surface area contributed by atoms with Crippen molar-refractivity contribution in [2.24, 2.45) is 0 Å². The fourth-order valence-corrected chi connectivity index (χ4v) is 4.80. The first kappa shape index (κ1) is 17.9. The molecular formula is C20H14BrFN2O2S. The third kappa shape index (κ3) is 3.07. The number of fused-ring (bicyclic) bond motifs is 1. The molecule has 0 aliphatic carbocycles. The van der Waals surface area contributed by atoms with E-state index in [0.29, 0.717) is 21.1 Å². The van der Waals surface area contributed by atoms with Crippen LogP contribution in [0.15, 0.2) is 76.1 Å². The lowest BCUT2D eigenvalue weighted by molar-refractivity contribution is 0.589. The fourth-order valence-electron chi connectivity index (χ4n) is 2.90. The van der Waals surface area contributed by atoms with Crippen LogP contribution in [-0.2, 0) is 10.0 Å². The van der Waals surface area contributed by atoms with Gasteiger partial charge in [-0.1, -0.05) is 45.8 Å². The molecule has 0 atom stereocenters. The number of nitrogens with zero attached hydrogens (tertiary/aromatic N) is 2. The van der Waals surface area contributed by atoms with E-state index >= 15 is 0 Å². The largest absolute Gasteiger partial charge is 0.269 e. The molecular weight excluding hydrogens is 431 g/mol. The third-order valence-corrected chi connectivity index (χ3v) is 6.66. The van der Waals surface area contributed by atoms with E-state index in [1.165, 1.54) is 22.2 Å². The first-order chi connectivity index (χ1) is 12.9. The van der Waals surface area contributed by atoms with Crippen LogP contribution in [-0.4, -0.2) is 17.4 Å². The highest BCUT2D eigenvalue weighted by Crippen LogP contribution is 2.33. The van der Waals surface area contributed by atoms with Gasteiger partial charge in [-0.2, -0.15) is 0 Å². The highest BCUT2D eigenvalue weighted by molar-refractivity contribution is 9.10. The molecule has 7 heteroatoms. The summed E-state index contributed by atoms with van der Waals surface area (Å²) in [6, 6.07) is 17.6. The molecule has 0 amide bonds. The van der Waals surface area contributed by atoms with E-state index in [1.54, 1.807) is 48.5 Å². The van der Waals surface area contributed by atoms with Gasteiger partial charge in [0.15, 0.2) is 5.82 Å². The third-order valence-electron chi connectivity index (χ3n) is 4.25. The Labute approximate surface area is 164 Å². The van der Waals surface area contributed by atoms with Gasteiger partial charge in [-0.3, -0.25) is 0 Å². The SMILES string of the molecule is Cc1ccc(S(=O)(=O)n2c(-c3cc(F)ccc3Br)nc3ccccc32)cc1. The number of hydrogen-bond acceptors (Lipinski definition) is 3. The van der Waals surface area contributed by atoms with Gasteiger partial charge in [0.25, 0.3) is 10.0 Å². The van der Waals surface area contributed by atoms with Crippen LogP contribution >= 0.6 is 15.9 Å². The molecule has 0 N–H and O–H groups in total. The average molecular weight is 445 g/mol. The van der Waals surface area contributed by atoms with Crippen LogP contribution in [0.4, 0.5) is 4.39 Å². The summed E-state index contributed by atoms with van der Waals surface area (Å²) in [6.07, 6.45) is 0. The molecule has 1 aromatic heterocycles. The van der Waals surface area contributed by atoms with Crippen molar-refractivity contribution in [3.05, 3.63) is 82.6 Å². The molecule has 136 valence electrons. The van der Waals surface area contributed by atoms with Gasteiger partial charge < -0.3 is 0 Å². The molecule has 4 rings (SSSR count). The summed E-state index contributed by atoms with van der Waals surface area (Å²) in [7, 11) is -3.94. The average Bonchev–Trinajstić information content (AvgIpc) is 3.04. The van der Waals surface area contributed by atoms with Gasteiger partial charge in [0.2, 0.25) is 0 Å². The zero-order chi connectivity index (χ0) is 19.2. The van der Waals surface area contributed by atoms with E-state index in [9.17, 15) is 12.8 Å². The maximum Gasteiger partial charge on any atom is 0.269 e. The van der Waals surface area contributed by atoms with Crippen molar-refractivity contribution in [3.63, 3.8) is 0 Å². The van der Waals surface area contributed by atoms with Gasteiger partial charge in [0.1, 0.15) is 5.82 Å². The van der Waals surface area contributed by atoms with E-state index in [0.717, 1.165) is 5.56 Å². The van der Waals surface area contributed by atoms with Crippen LogP contribution in [0.3, 0.4) is 0 Å². The minimum absolute atomic E-state index is 0.144. The van der Waals surface area contributed by atoms with Crippen LogP contribution in [0.25, 0.3) is 22.4 Å². The number of rotatable bonds is 3. The maximum absolute atomic E-state index is 13.9. The Bertz CT molecular complexity index is 1270.